The molecule has 1 aromatic carbocycles. The van der Waals surface area contributed by atoms with Crippen LogP contribution in [0.25, 0.3) is 22.5 Å². The van der Waals surface area contributed by atoms with Crippen molar-refractivity contribution in [1.29, 1.82) is 0 Å². The number of anilines is 1. The molecular formula is C13H7Cl2IN2OS. The topological polar surface area (TPSA) is 52.0 Å². The van der Waals surface area contributed by atoms with E-state index >= 15 is 0 Å². The van der Waals surface area contributed by atoms with E-state index in [-0.39, 0.29) is 5.82 Å². The van der Waals surface area contributed by atoms with E-state index < -0.39 is 0 Å². The zero-order chi connectivity index (χ0) is 14.3. The number of halogens is 3. The fourth-order valence-corrected chi connectivity index (χ4v) is 3.82. The van der Waals surface area contributed by atoms with E-state index in [9.17, 15) is 0 Å². The SMILES string of the molecule is Nc1noc(-c2csc(I)c2)c1-c1c(Cl)cccc1Cl. The van der Waals surface area contributed by atoms with Crippen molar-refractivity contribution in [3.63, 3.8) is 0 Å². The van der Waals surface area contributed by atoms with Crippen molar-refractivity contribution in [3.05, 3.63) is 42.6 Å². The Morgan fingerprint density at radius 2 is 1.90 bits per heavy atom. The van der Waals surface area contributed by atoms with Gasteiger partial charge >= 0.3 is 0 Å². The van der Waals surface area contributed by atoms with Crippen molar-refractivity contribution in [2.45, 2.75) is 0 Å². The van der Waals surface area contributed by atoms with E-state index in [4.69, 9.17) is 33.5 Å². The van der Waals surface area contributed by atoms with Gasteiger partial charge in [0.25, 0.3) is 0 Å². The molecular weight excluding hydrogens is 430 g/mol. The van der Waals surface area contributed by atoms with Gasteiger partial charge in [0.1, 0.15) is 0 Å². The number of nitrogens with zero attached hydrogens (tertiary/aromatic N) is 1. The molecule has 0 atom stereocenters. The Morgan fingerprint density at radius 1 is 1.20 bits per heavy atom. The number of thiophene rings is 1. The molecule has 2 N–H and O–H groups in total. The first-order chi connectivity index (χ1) is 9.58. The van der Waals surface area contributed by atoms with E-state index in [1.54, 1.807) is 29.5 Å². The van der Waals surface area contributed by atoms with Gasteiger partial charge in [-0.05, 0) is 40.8 Å². The Bertz CT molecular complexity index is 764. The largest absolute Gasteiger partial charge is 0.380 e. The minimum Gasteiger partial charge on any atom is -0.380 e. The second-order valence-corrected chi connectivity index (χ2v) is 7.63. The minimum absolute atomic E-state index is 0.274. The molecule has 20 heavy (non-hydrogen) atoms. The van der Waals surface area contributed by atoms with Crippen molar-refractivity contribution in [3.8, 4) is 22.5 Å². The molecule has 3 rings (SSSR count). The normalized spacial score (nSPS) is 10.9. The Kier molecular flexibility index (Phi) is 3.94. The number of aromatic nitrogens is 1. The summed E-state index contributed by atoms with van der Waals surface area (Å²) in [7, 11) is 0. The summed E-state index contributed by atoms with van der Waals surface area (Å²) < 4.78 is 6.51. The first-order valence-electron chi connectivity index (χ1n) is 5.52. The molecule has 2 heterocycles. The number of benzene rings is 1. The molecule has 0 unspecified atom stereocenters. The van der Waals surface area contributed by atoms with Crippen LogP contribution in [0, 0.1) is 2.88 Å². The number of nitrogen functional groups attached to an aromatic ring is 1. The lowest BCUT2D eigenvalue weighted by Gasteiger charge is -2.06. The summed E-state index contributed by atoms with van der Waals surface area (Å²) >= 11 is 16.4. The van der Waals surface area contributed by atoms with Gasteiger partial charge in [0.2, 0.25) is 0 Å². The number of nitrogens with two attached hydrogens (primary N) is 1. The molecule has 3 aromatic rings. The highest BCUT2D eigenvalue weighted by molar-refractivity contribution is 14.1. The average molecular weight is 437 g/mol. The molecule has 7 heteroatoms. The number of hydrogen-bond acceptors (Lipinski definition) is 4. The Labute approximate surface area is 142 Å². The van der Waals surface area contributed by atoms with Crippen molar-refractivity contribution in [2.75, 3.05) is 5.73 Å². The zero-order valence-electron chi connectivity index (χ0n) is 9.86. The predicted molar refractivity (Wildman–Crippen MR) is 92.4 cm³/mol. The summed E-state index contributed by atoms with van der Waals surface area (Å²) in [4.78, 5) is 0. The summed E-state index contributed by atoms with van der Waals surface area (Å²) in [6, 6.07) is 7.30. The van der Waals surface area contributed by atoms with Crippen LogP contribution in [0.15, 0.2) is 34.2 Å². The van der Waals surface area contributed by atoms with Crippen LogP contribution in [0.3, 0.4) is 0 Å². The van der Waals surface area contributed by atoms with Gasteiger partial charge < -0.3 is 10.3 Å². The first-order valence-corrected chi connectivity index (χ1v) is 8.23. The van der Waals surface area contributed by atoms with Crippen LogP contribution in [0.4, 0.5) is 5.82 Å². The van der Waals surface area contributed by atoms with Gasteiger partial charge in [-0.2, -0.15) is 0 Å². The van der Waals surface area contributed by atoms with Crippen molar-refractivity contribution in [2.24, 2.45) is 0 Å². The summed E-state index contributed by atoms with van der Waals surface area (Å²) in [6.45, 7) is 0. The Balaban J connectivity index is 2.27. The van der Waals surface area contributed by atoms with Gasteiger partial charge in [0.05, 0.1) is 18.5 Å². The average Bonchev–Trinajstić information content (AvgIpc) is 2.97. The van der Waals surface area contributed by atoms with Gasteiger partial charge in [0, 0.05) is 16.5 Å². The molecule has 0 aliphatic rings. The van der Waals surface area contributed by atoms with E-state index in [1.165, 1.54) is 0 Å². The van der Waals surface area contributed by atoms with Crippen molar-refractivity contribution in [1.82, 2.24) is 5.16 Å². The molecule has 0 saturated heterocycles. The van der Waals surface area contributed by atoms with Crippen LogP contribution in [-0.2, 0) is 0 Å². The molecule has 3 nitrogen and oxygen atoms in total. The molecule has 0 aliphatic heterocycles. The number of hydrogen-bond donors (Lipinski definition) is 1. The van der Waals surface area contributed by atoms with E-state index in [0.29, 0.717) is 26.9 Å². The van der Waals surface area contributed by atoms with Crippen LogP contribution < -0.4 is 5.73 Å². The fourth-order valence-electron chi connectivity index (χ4n) is 1.91. The van der Waals surface area contributed by atoms with Crippen molar-refractivity contribution < 1.29 is 4.52 Å². The maximum absolute atomic E-state index is 6.25. The monoisotopic (exact) mass is 436 g/mol. The molecule has 2 aromatic heterocycles. The molecule has 0 radical (unpaired) electrons. The zero-order valence-corrected chi connectivity index (χ0v) is 14.3. The van der Waals surface area contributed by atoms with Crippen LogP contribution in [-0.4, -0.2) is 5.16 Å². The summed E-state index contributed by atoms with van der Waals surface area (Å²) in [6.07, 6.45) is 0. The second-order valence-electron chi connectivity index (χ2n) is 4.01. The van der Waals surface area contributed by atoms with Crippen LogP contribution in [0.2, 0.25) is 10.0 Å². The third kappa shape index (κ3) is 2.43. The maximum Gasteiger partial charge on any atom is 0.177 e. The highest BCUT2D eigenvalue weighted by Gasteiger charge is 2.22. The minimum atomic E-state index is 0.274. The summed E-state index contributed by atoms with van der Waals surface area (Å²) in [5.74, 6) is 0.855. The smallest absolute Gasteiger partial charge is 0.177 e. The number of rotatable bonds is 2. The fraction of sp³-hybridized carbons (Fsp3) is 0. The molecule has 0 amide bonds. The third-order valence-electron chi connectivity index (χ3n) is 2.76. The van der Waals surface area contributed by atoms with E-state index in [1.807, 2.05) is 11.4 Å². The highest BCUT2D eigenvalue weighted by atomic mass is 127. The Hall–Kier alpha value is -0.760. The van der Waals surface area contributed by atoms with Crippen LogP contribution in [0.1, 0.15) is 0 Å². The van der Waals surface area contributed by atoms with Crippen LogP contribution >= 0.6 is 57.1 Å². The lowest BCUT2D eigenvalue weighted by Crippen LogP contribution is -1.90. The maximum atomic E-state index is 6.25. The van der Waals surface area contributed by atoms with Crippen LogP contribution in [0.5, 0.6) is 0 Å². The van der Waals surface area contributed by atoms with Gasteiger partial charge in [0.15, 0.2) is 11.6 Å². The lowest BCUT2D eigenvalue weighted by molar-refractivity contribution is 0.436. The quantitative estimate of drug-likeness (QED) is 0.534. The summed E-state index contributed by atoms with van der Waals surface area (Å²) in [5.41, 5.74) is 8.12. The first kappa shape index (κ1) is 14.2. The van der Waals surface area contributed by atoms with E-state index in [0.717, 1.165) is 8.45 Å². The standard InChI is InChI=1S/C13H7Cl2IN2OS/c14-7-2-1-3-8(15)10(7)11-12(19-18-13(11)17)6-4-9(16)20-5-6/h1-5H,(H2,17,18). The molecule has 102 valence electrons. The second kappa shape index (κ2) is 5.55. The van der Waals surface area contributed by atoms with Gasteiger partial charge in [-0.3, -0.25) is 0 Å². The molecule has 0 bridgehead atoms. The molecule has 0 aliphatic carbocycles. The van der Waals surface area contributed by atoms with Crippen molar-refractivity contribution >= 4 is 62.9 Å². The van der Waals surface area contributed by atoms with Gasteiger partial charge in [-0.25, -0.2) is 0 Å². The summed E-state index contributed by atoms with van der Waals surface area (Å²) in [5, 5.41) is 6.86. The molecule has 0 fully saturated rings. The third-order valence-corrected chi connectivity index (χ3v) is 5.18. The Morgan fingerprint density at radius 3 is 2.50 bits per heavy atom. The lowest BCUT2D eigenvalue weighted by atomic mass is 10.0. The predicted octanol–water partition coefficient (Wildman–Crippen LogP) is 5.56. The van der Waals surface area contributed by atoms with E-state index in [2.05, 4.69) is 27.7 Å². The highest BCUT2D eigenvalue weighted by Crippen LogP contribution is 2.44. The van der Waals surface area contributed by atoms with Gasteiger partial charge in [-0.1, -0.05) is 34.4 Å². The van der Waals surface area contributed by atoms with Gasteiger partial charge in [-0.15, -0.1) is 11.3 Å². The molecule has 0 spiro atoms. The molecule has 0 saturated carbocycles.